The fourth-order valence-electron chi connectivity index (χ4n) is 6.24. The summed E-state index contributed by atoms with van der Waals surface area (Å²) in [4.78, 5) is 31.8. The second-order valence-electron chi connectivity index (χ2n) is 11.8. The number of ether oxygens (including phenoxy) is 3. The second-order valence-corrected chi connectivity index (χ2v) is 12.3. The van der Waals surface area contributed by atoms with Crippen LogP contribution in [0.15, 0.2) is 67.1 Å². The highest BCUT2D eigenvalue weighted by Gasteiger charge is 2.43. The first-order chi connectivity index (χ1) is 22.7. The molecule has 246 valence electrons. The van der Waals surface area contributed by atoms with E-state index in [4.69, 9.17) is 25.8 Å². The van der Waals surface area contributed by atoms with Crippen molar-refractivity contribution in [3.63, 3.8) is 0 Å². The Balaban J connectivity index is 1.09. The van der Waals surface area contributed by atoms with Gasteiger partial charge in [-0.15, -0.1) is 0 Å². The van der Waals surface area contributed by atoms with Crippen molar-refractivity contribution in [3.8, 4) is 11.5 Å². The summed E-state index contributed by atoms with van der Waals surface area (Å²) in [6.07, 6.45) is 5.17. The van der Waals surface area contributed by atoms with Gasteiger partial charge in [0.15, 0.2) is 11.5 Å². The second kappa shape index (κ2) is 13.6. The van der Waals surface area contributed by atoms with Crippen LogP contribution in [0.5, 0.6) is 11.5 Å². The standard InChI is InChI=1S/C35H37ClFN5O5/c1-4-42-21-38-18-25(42)19-39-30-16-23(34(44)45-3)8-11-29(30)40-32(43)20-41-14-12-22(13-15-41)26-6-5-7-31-33(26)47-35(2,46-31)27-10-9-24(36)17-28(27)37/h5-11,16-18,21-22,39H,4,12-15,19-20H2,1-3H3,(H,40,43). The van der Waals surface area contributed by atoms with Gasteiger partial charge in [-0.3, -0.25) is 9.69 Å². The number of aromatic nitrogens is 2. The number of fused-ring (bicyclic) bond motifs is 1. The number of nitrogens with one attached hydrogen (secondary N) is 2. The molecule has 0 spiro atoms. The summed E-state index contributed by atoms with van der Waals surface area (Å²) in [6.45, 7) is 6.60. The fraction of sp³-hybridized carbons (Fsp3) is 0.343. The zero-order valence-corrected chi connectivity index (χ0v) is 27.3. The Morgan fingerprint density at radius 2 is 1.91 bits per heavy atom. The highest BCUT2D eigenvalue weighted by Crippen LogP contribution is 2.49. The number of anilines is 2. The number of likely N-dealkylation sites (tertiary alicyclic amines) is 1. The number of benzene rings is 3. The molecule has 1 saturated heterocycles. The maximum atomic E-state index is 14.8. The van der Waals surface area contributed by atoms with E-state index in [0.29, 0.717) is 53.1 Å². The van der Waals surface area contributed by atoms with Crippen molar-refractivity contribution in [1.29, 1.82) is 0 Å². The van der Waals surface area contributed by atoms with E-state index in [-0.39, 0.29) is 23.9 Å². The summed E-state index contributed by atoms with van der Waals surface area (Å²) in [5.74, 6) is -1.05. The lowest BCUT2D eigenvalue weighted by Crippen LogP contribution is -2.39. The van der Waals surface area contributed by atoms with E-state index in [9.17, 15) is 14.0 Å². The summed E-state index contributed by atoms with van der Waals surface area (Å²) in [7, 11) is 1.33. The van der Waals surface area contributed by atoms with Crippen molar-refractivity contribution < 1.29 is 28.2 Å². The smallest absolute Gasteiger partial charge is 0.337 e. The zero-order valence-electron chi connectivity index (χ0n) is 26.5. The Kier molecular flexibility index (Phi) is 9.38. The number of amides is 1. The van der Waals surface area contributed by atoms with E-state index in [1.165, 1.54) is 13.2 Å². The summed E-state index contributed by atoms with van der Waals surface area (Å²) in [5.41, 5.74) is 3.80. The molecule has 3 aromatic carbocycles. The van der Waals surface area contributed by atoms with Crippen LogP contribution in [0, 0.1) is 5.82 Å². The van der Waals surface area contributed by atoms with Gasteiger partial charge in [-0.2, -0.15) is 0 Å². The quantitative estimate of drug-likeness (QED) is 0.184. The summed E-state index contributed by atoms with van der Waals surface area (Å²) in [5, 5.41) is 6.66. The van der Waals surface area contributed by atoms with Crippen molar-refractivity contribution in [2.24, 2.45) is 0 Å². The number of carbonyl (C=O) groups is 2. The van der Waals surface area contributed by atoms with E-state index >= 15 is 0 Å². The first-order valence-electron chi connectivity index (χ1n) is 15.6. The lowest BCUT2D eigenvalue weighted by Gasteiger charge is -2.32. The molecule has 0 radical (unpaired) electrons. The van der Waals surface area contributed by atoms with E-state index in [1.807, 2.05) is 29.7 Å². The van der Waals surface area contributed by atoms with Gasteiger partial charge in [0, 0.05) is 30.3 Å². The largest absolute Gasteiger partial charge is 0.465 e. The van der Waals surface area contributed by atoms with E-state index in [0.717, 1.165) is 30.6 Å². The number of carbonyl (C=O) groups excluding carboxylic acids is 2. The van der Waals surface area contributed by atoms with Crippen LogP contribution in [0.4, 0.5) is 15.8 Å². The Labute approximate surface area is 277 Å². The van der Waals surface area contributed by atoms with Crippen LogP contribution < -0.4 is 20.1 Å². The summed E-state index contributed by atoms with van der Waals surface area (Å²) < 4.78 is 34.2. The summed E-state index contributed by atoms with van der Waals surface area (Å²) >= 11 is 5.96. The van der Waals surface area contributed by atoms with Crippen LogP contribution in [0.2, 0.25) is 5.02 Å². The number of rotatable bonds is 10. The molecule has 0 bridgehead atoms. The minimum absolute atomic E-state index is 0.158. The number of methoxy groups -OCH3 is 1. The maximum Gasteiger partial charge on any atom is 0.337 e. The number of hydrogen-bond acceptors (Lipinski definition) is 8. The SMILES string of the molecule is CCn1cncc1CNc1cc(C(=O)OC)ccc1NC(=O)CN1CCC(c2cccc3c2OC(C)(c2ccc(Cl)cc2F)O3)CC1. The number of aryl methyl sites for hydroxylation is 1. The highest BCUT2D eigenvalue weighted by atomic mass is 35.5. The van der Waals surface area contributed by atoms with Crippen molar-refractivity contribution in [2.75, 3.05) is 37.4 Å². The predicted molar refractivity (Wildman–Crippen MR) is 177 cm³/mol. The fourth-order valence-corrected chi connectivity index (χ4v) is 6.40. The molecule has 12 heteroatoms. The molecular formula is C35H37ClFN5O5. The lowest BCUT2D eigenvalue weighted by molar-refractivity contribution is -0.117. The first kappa shape index (κ1) is 32.3. The Bertz CT molecular complexity index is 1790. The van der Waals surface area contributed by atoms with Crippen molar-refractivity contribution in [3.05, 3.63) is 100 Å². The molecule has 1 aromatic heterocycles. The lowest BCUT2D eigenvalue weighted by atomic mass is 9.88. The van der Waals surface area contributed by atoms with Gasteiger partial charge in [0.05, 0.1) is 54.7 Å². The molecular weight excluding hydrogens is 625 g/mol. The third-order valence-electron chi connectivity index (χ3n) is 8.74. The molecule has 0 aliphatic carbocycles. The average molecular weight is 662 g/mol. The van der Waals surface area contributed by atoms with Gasteiger partial charge in [-0.25, -0.2) is 14.2 Å². The molecule has 4 aromatic rings. The third-order valence-corrected chi connectivity index (χ3v) is 8.97. The Hall–Kier alpha value is -4.61. The molecule has 10 nitrogen and oxygen atoms in total. The van der Waals surface area contributed by atoms with Gasteiger partial charge in [0.2, 0.25) is 5.91 Å². The van der Waals surface area contributed by atoms with Gasteiger partial charge in [0.1, 0.15) is 5.82 Å². The number of imidazole rings is 1. The average Bonchev–Trinajstić information content (AvgIpc) is 3.67. The molecule has 1 amide bonds. The van der Waals surface area contributed by atoms with Gasteiger partial charge in [-0.05, 0) is 81.2 Å². The third kappa shape index (κ3) is 6.91. The molecule has 0 saturated carbocycles. The first-order valence-corrected chi connectivity index (χ1v) is 16.0. The van der Waals surface area contributed by atoms with Crippen molar-refractivity contribution in [2.45, 2.75) is 51.5 Å². The van der Waals surface area contributed by atoms with Crippen LogP contribution in [0.3, 0.4) is 0 Å². The number of nitrogens with zero attached hydrogens (tertiary/aromatic N) is 3. The van der Waals surface area contributed by atoms with Gasteiger partial charge in [-0.1, -0.05) is 23.7 Å². The topological polar surface area (TPSA) is 107 Å². The van der Waals surface area contributed by atoms with Crippen molar-refractivity contribution in [1.82, 2.24) is 14.5 Å². The molecule has 2 aliphatic heterocycles. The van der Waals surface area contributed by atoms with Gasteiger partial charge >= 0.3 is 5.97 Å². The van der Waals surface area contributed by atoms with Crippen molar-refractivity contribution >= 4 is 34.9 Å². The Morgan fingerprint density at radius 3 is 2.66 bits per heavy atom. The Morgan fingerprint density at radius 1 is 1.11 bits per heavy atom. The number of esters is 1. The molecule has 2 N–H and O–H groups in total. The molecule has 6 rings (SSSR count). The van der Waals surface area contributed by atoms with Crippen LogP contribution in [-0.4, -0.2) is 53.1 Å². The van der Waals surface area contributed by atoms with E-state index in [1.54, 1.807) is 49.8 Å². The van der Waals surface area contributed by atoms with Gasteiger partial charge < -0.3 is 29.4 Å². The minimum atomic E-state index is -1.31. The molecule has 47 heavy (non-hydrogen) atoms. The van der Waals surface area contributed by atoms with E-state index < -0.39 is 17.6 Å². The van der Waals surface area contributed by atoms with Crippen LogP contribution >= 0.6 is 11.6 Å². The molecule has 1 unspecified atom stereocenters. The van der Waals surface area contributed by atoms with Crippen LogP contribution in [-0.2, 0) is 28.4 Å². The molecule has 2 aliphatic rings. The number of piperidine rings is 1. The zero-order chi connectivity index (χ0) is 33.1. The highest BCUT2D eigenvalue weighted by molar-refractivity contribution is 6.30. The number of halogens is 2. The van der Waals surface area contributed by atoms with Crippen LogP contribution in [0.1, 0.15) is 59.8 Å². The number of para-hydroxylation sites is 1. The predicted octanol–water partition coefficient (Wildman–Crippen LogP) is 6.56. The summed E-state index contributed by atoms with van der Waals surface area (Å²) in [6, 6.07) is 15.2. The monoisotopic (exact) mass is 661 g/mol. The maximum absolute atomic E-state index is 14.8. The molecule has 3 heterocycles. The normalized spacial score (nSPS) is 17.8. The minimum Gasteiger partial charge on any atom is -0.465 e. The van der Waals surface area contributed by atoms with E-state index in [2.05, 4.69) is 20.5 Å². The molecule has 1 atom stereocenters. The molecule has 1 fully saturated rings. The number of hydrogen-bond donors (Lipinski definition) is 2. The van der Waals surface area contributed by atoms with Crippen LogP contribution in [0.25, 0.3) is 0 Å². The van der Waals surface area contributed by atoms with Gasteiger partial charge in [0.25, 0.3) is 5.79 Å².